The van der Waals surface area contributed by atoms with Crippen LogP contribution in [-0.2, 0) is 6.54 Å². The number of nitrogens with zero attached hydrogens (tertiary/aromatic N) is 3. The van der Waals surface area contributed by atoms with Crippen LogP contribution in [0.2, 0.25) is 0 Å². The van der Waals surface area contributed by atoms with Gasteiger partial charge in [-0.3, -0.25) is 4.68 Å². The zero-order valence-corrected chi connectivity index (χ0v) is 13.6. The maximum absolute atomic E-state index is 4.61. The van der Waals surface area contributed by atoms with Crippen molar-refractivity contribution in [3.63, 3.8) is 0 Å². The average Bonchev–Trinajstić information content (AvgIpc) is 2.74. The lowest BCUT2D eigenvalue weighted by atomic mass is 10.1. The quantitative estimate of drug-likeness (QED) is 0.868. The van der Waals surface area contributed by atoms with Crippen molar-refractivity contribution in [2.45, 2.75) is 59.5 Å². The number of aryl methyl sites for hydroxylation is 2. The lowest BCUT2D eigenvalue weighted by Gasteiger charge is -2.27. The van der Waals surface area contributed by atoms with Gasteiger partial charge >= 0.3 is 0 Å². The molecule has 0 aromatic carbocycles. The molecule has 1 atom stereocenters. The van der Waals surface area contributed by atoms with E-state index >= 15 is 0 Å². The summed E-state index contributed by atoms with van der Waals surface area (Å²) in [6, 6.07) is 0.389. The summed E-state index contributed by atoms with van der Waals surface area (Å²) in [6.45, 7) is 14.5. The topological polar surface area (TPSA) is 33.1 Å². The molecule has 20 heavy (non-hydrogen) atoms. The normalized spacial score (nSPS) is 18.4. The maximum atomic E-state index is 4.61. The summed E-state index contributed by atoms with van der Waals surface area (Å²) in [5.74, 6) is 0. The van der Waals surface area contributed by atoms with Crippen LogP contribution in [0.3, 0.4) is 0 Å². The third-order valence-electron chi connectivity index (χ3n) is 4.50. The van der Waals surface area contributed by atoms with Gasteiger partial charge in [0.1, 0.15) is 0 Å². The molecular weight excluding hydrogens is 248 g/mol. The number of piperidine rings is 1. The number of aromatic nitrogens is 2. The Morgan fingerprint density at radius 1 is 1.20 bits per heavy atom. The van der Waals surface area contributed by atoms with Gasteiger partial charge in [-0.1, -0.05) is 6.42 Å². The Balaban J connectivity index is 1.85. The summed E-state index contributed by atoms with van der Waals surface area (Å²) >= 11 is 0. The molecule has 2 heterocycles. The lowest BCUT2D eigenvalue weighted by Crippen LogP contribution is -2.36. The smallest absolute Gasteiger partial charge is 0.0644 e. The number of hydrogen-bond acceptors (Lipinski definition) is 3. The number of nitrogens with one attached hydrogen (secondary N) is 1. The average molecular weight is 278 g/mol. The molecule has 0 radical (unpaired) electrons. The monoisotopic (exact) mass is 278 g/mol. The molecule has 1 aliphatic heterocycles. The van der Waals surface area contributed by atoms with E-state index in [2.05, 4.69) is 47.7 Å². The number of hydrogen-bond donors (Lipinski definition) is 1. The Morgan fingerprint density at radius 3 is 2.50 bits per heavy atom. The van der Waals surface area contributed by atoms with Gasteiger partial charge < -0.3 is 10.2 Å². The standard InChI is InChI=1S/C16H30N4/c1-5-20-15(4)16(14(3)18-20)13(2)17-9-12-19-10-7-6-8-11-19/h13,17H,5-12H2,1-4H3. The van der Waals surface area contributed by atoms with Crippen molar-refractivity contribution in [1.82, 2.24) is 20.0 Å². The van der Waals surface area contributed by atoms with Gasteiger partial charge in [-0.15, -0.1) is 0 Å². The summed E-state index contributed by atoms with van der Waals surface area (Å²) < 4.78 is 2.10. The van der Waals surface area contributed by atoms with Crippen LogP contribution in [0.5, 0.6) is 0 Å². The molecular formula is C16H30N4. The molecule has 4 heteroatoms. The van der Waals surface area contributed by atoms with Crippen LogP contribution < -0.4 is 5.32 Å². The maximum Gasteiger partial charge on any atom is 0.0644 e. The second-order valence-electron chi connectivity index (χ2n) is 5.98. The Hall–Kier alpha value is -0.870. The van der Waals surface area contributed by atoms with Crippen LogP contribution >= 0.6 is 0 Å². The Kier molecular flexibility index (Phi) is 5.61. The third-order valence-corrected chi connectivity index (χ3v) is 4.50. The van der Waals surface area contributed by atoms with E-state index in [-0.39, 0.29) is 0 Å². The first-order valence-electron chi connectivity index (χ1n) is 8.13. The van der Waals surface area contributed by atoms with Crippen LogP contribution in [0.1, 0.15) is 56.1 Å². The van der Waals surface area contributed by atoms with E-state index < -0.39 is 0 Å². The lowest BCUT2D eigenvalue weighted by molar-refractivity contribution is 0.227. The molecule has 0 spiro atoms. The molecule has 0 bridgehead atoms. The van der Waals surface area contributed by atoms with E-state index in [1.54, 1.807) is 0 Å². The molecule has 1 saturated heterocycles. The number of rotatable bonds is 6. The zero-order chi connectivity index (χ0) is 14.5. The fourth-order valence-electron chi connectivity index (χ4n) is 3.37. The Labute approximate surface area is 123 Å². The minimum atomic E-state index is 0.389. The Morgan fingerprint density at radius 2 is 1.90 bits per heavy atom. The van der Waals surface area contributed by atoms with E-state index in [9.17, 15) is 0 Å². The molecule has 1 aliphatic rings. The molecule has 0 amide bonds. The van der Waals surface area contributed by atoms with Gasteiger partial charge in [0.15, 0.2) is 0 Å². The first-order valence-corrected chi connectivity index (χ1v) is 8.13. The minimum absolute atomic E-state index is 0.389. The Bertz CT molecular complexity index is 418. The molecule has 114 valence electrons. The van der Waals surface area contributed by atoms with E-state index in [1.165, 1.54) is 55.8 Å². The van der Waals surface area contributed by atoms with Crippen molar-refractivity contribution < 1.29 is 0 Å². The third kappa shape index (κ3) is 3.61. The van der Waals surface area contributed by atoms with Gasteiger partial charge in [0.25, 0.3) is 0 Å². The predicted molar refractivity (Wildman–Crippen MR) is 84.1 cm³/mol. The predicted octanol–water partition coefficient (Wildman–Crippen LogP) is 2.66. The van der Waals surface area contributed by atoms with Crippen molar-refractivity contribution in [3.8, 4) is 0 Å². The van der Waals surface area contributed by atoms with Crippen LogP contribution in [0, 0.1) is 13.8 Å². The summed E-state index contributed by atoms with van der Waals surface area (Å²) in [5, 5.41) is 8.28. The van der Waals surface area contributed by atoms with Crippen LogP contribution in [0.25, 0.3) is 0 Å². The fraction of sp³-hybridized carbons (Fsp3) is 0.812. The highest BCUT2D eigenvalue weighted by atomic mass is 15.3. The highest BCUT2D eigenvalue weighted by molar-refractivity contribution is 5.27. The summed E-state index contributed by atoms with van der Waals surface area (Å²) in [4.78, 5) is 2.58. The number of likely N-dealkylation sites (tertiary alicyclic amines) is 1. The highest BCUT2D eigenvalue weighted by Gasteiger charge is 2.17. The van der Waals surface area contributed by atoms with Crippen LogP contribution in [-0.4, -0.2) is 40.9 Å². The molecule has 2 rings (SSSR count). The fourth-order valence-corrected chi connectivity index (χ4v) is 3.37. The molecule has 0 saturated carbocycles. The van der Waals surface area contributed by atoms with E-state index in [4.69, 9.17) is 0 Å². The van der Waals surface area contributed by atoms with Crippen molar-refractivity contribution in [1.29, 1.82) is 0 Å². The largest absolute Gasteiger partial charge is 0.309 e. The van der Waals surface area contributed by atoms with Gasteiger partial charge in [0.05, 0.1) is 5.69 Å². The van der Waals surface area contributed by atoms with Gasteiger partial charge in [0.2, 0.25) is 0 Å². The van der Waals surface area contributed by atoms with Crippen molar-refractivity contribution >= 4 is 0 Å². The molecule has 1 aromatic rings. The van der Waals surface area contributed by atoms with Gasteiger partial charge in [-0.2, -0.15) is 5.10 Å². The molecule has 0 aliphatic carbocycles. The van der Waals surface area contributed by atoms with E-state index in [0.29, 0.717) is 6.04 Å². The van der Waals surface area contributed by atoms with Gasteiger partial charge in [0, 0.05) is 36.9 Å². The molecule has 1 unspecified atom stereocenters. The first-order chi connectivity index (χ1) is 9.63. The molecule has 1 N–H and O–H groups in total. The first kappa shape index (κ1) is 15.5. The van der Waals surface area contributed by atoms with Gasteiger partial charge in [-0.25, -0.2) is 0 Å². The van der Waals surface area contributed by atoms with Crippen molar-refractivity contribution in [2.24, 2.45) is 0 Å². The van der Waals surface area contributed by atoms with Crippen LogP contribution in [0.4, 0.5) is 0 Å². The van der Waals surface area contributed by atoms with E-state index in [0.717, 1.165) is 13.1 Å². The molecule has 1 fully saturated rings. The SMILES string of the molecule is CCn1nc(C)c(C(C)NCCN2CCCCC2)c1C. The van der Waals surface area contributed by atoms with Gasteiger partial charge in [-0.05, 0) is 53.6 Å². The minimum Gasteiger partial charge on any atom is -0.309 e. The zero-order valence-electron chi connectivity index (χ0n) is 13.6. The summed E-state index contributed by atoms with van der Waals surface area (Å²) in [5.41, 5.74) is 3.86. The summed E-state index contributed by atoms with van der Waals surface area (Å²) in [7, 11) is 0. The summed E-state index contributed by atoms with van der Waals surface area (Å²) in [6.07, 6.45) is 4.16. The second kappa shape index (κ2) is 7.23. The van der Waals surface area contributed by atoms with Crippen LogP contribution in [0.15, 0.2) is 0 Å². The second-order valence-corrected chi connectivity index (χ2v) is 5.98. The molecule has 1 aromatic heterocycles. The van der Waals surface area contributed by atoms with Crippen molar-refractivity contribution in [2.75, 3.05) is 26.2 Å². The highest BCUT2D eigenvalue weighted by Crippen LogP contribution is 2.21. The van der Waals surface area contributed by atoms with E-state index in [1.807, 2.05) is 0 Å². The molecule has 4 nitrogen and oxygen atoms in total. The van der Waals surface area contributed by atoms with Crippen molar-refractivity contribution in [3.05, 3.63) is 17.0 Å².